The molecule has 1 aliphatic carbocycles. The topological polar surface area (TPSA) is 12.9 Å². The summed E-state index contributed by atoms with van der Waals surface area (Å²) in [6, 6.07) is 62.6. The summed E-state index contributed by atoms with van der Waals surface area (Å²) in [5.74, 6) is 0. The Bertz CT molecular complexity index is 2630. The molecule has 0 aliphatic heterocycles. The molecule has 0 atom stereocenters. The van der Waals surface area contributed by atoms with E-state index in [0.29, 0.717) is 0 Å². The standard InChI is InChI=1S/C46H29N/c1-3-14-33(15-4-1)46(34-16-5-2-6-17-34)43-21-11-10-20-38(43)42-27-40-36-19-9-8-18-35(36)39-26-30(23-24-37(39)41(40)28-44(42)46)32-25-31-13-7-12-22-45(31)47-29-32/h1-29H. The fourth-order valence-electron chi connectivity index (χ4n) is 8.30. The maximum atomic E-state index is 4.78. The van der Waals surface area contributed by atoms with Crippen LogP contribution in [0.15, 0.2) is 176 Å². The van der Waals surface area contributed by atoms with E-state index in [9.17, 15) is 0 Å². The summed E-state index contributed by atoms with van der Waals surface area (Å²) in [6.07, 6.45) is 2.00. The Morgan fingerprint density at radius 1 is 0.362 bits per heavy atom. The van der Waals surface area contributed by atoms with Crippen LogP contribution in [0.3, 0.4) is 0 Å². The average molecular weight is 596 g/mol. The lowest BCUT2D eigenvalue weighted by Crippen LogP contribution is -2.28. The van der Waals surface area contributed by atoms with Crippen molar-refractivity contribution in [1.29, 1.82) is 0 Å². The second kappa shape index (κ2) is 9.97. The molecule has 1 nitrogen and oxygen atoms in total. The largest absolute Gasteiger partial charge is 0.256 e. The summed E-state index contributed by atoms with van der Waals surface area (Å²) in [5.41, 5.74) is 10.7. The summed E-state index contributed by atoms with van der Waals surface area (Å²) in [4.78, 5) is 4.78. The molecule has 0 radical (unpaired) electrons. The molecule has 218 valence electrons. The molecule has 1 heteroatoms. The van der Waals surface area contributed by atoms with Gasteiger partial charge in [0.25, 0.3) is 0 Å². The molecule has 1 aliphatic rings. The first-order chi connectivity index (χ1) is 23.3. The van der Waals surface area contributed by atoms with Crippen molar-refractivity contribution >= 4 is 43.2 Å². The molecule has 1 heterocycles. The summed E-state index contributed by atoms with van der Waals surface area (Å²) >= 11 is 0. The molecule has 0 fully saturated rings. The van der Waals surface area contributed by atoms with Crippen LogP contribution in [-0.2, 0) is 5.41 Å². The van der Waals surface area contributed by atoms with Gasteiger partial charge in [-0.1, -0.05) is 140 Å². The van der Waals surface area contributed by atoms with E-state index < -0.39 is 5.41 Å². The van der Waals surface area contributed by atoms with Gasteiger partial charge >= 0.3 is 0 Å². The van der Waals surface area contributed by atoms with Gasteiger partial charge in [-0.25, -0.2) is 0 Å². The monoisotopic (exact) mass is 595 g/mol. The van der Waals surface area contributed by atoms with Crippen LogP contribution >= 0.6 is 0 Å². The molecule has 0 saturated heterocycles. The summed E-state index contributed by atoms with van der Waals surface area (Å²) in [5, 5.41) is 8.81. The minimum atomic E-state index is -0.433. The molecule has 0 bridgehead atoms. The van der Waals surface area contributed by atoms with Gasteiger partial charge in [0.05, 0.1) is 10.9 Å². The number of hydrogen-bond donors (Lipinski definition) is 0. The van der Waals surface area contributed by atoms with Gasteiger partial charge in [-0.3, -0.25) is 4.98 Å². The second-order valence-electron chi connectivity index (χ2n) is 12.7. The molecule has 0 N–H and O–H groups in total. The minimum absolute atomic E-state index is 0.433. The van der Waals surface area contributed by atoms with Gasteiger partial charge in [0.1, 0.15) is 0 Å². The van der Waals surface area contributed by atoms with Crippen molar-refractivity contribution < 1.29 is 0 Å². The van der Waals surface area contributed by atoms with Crippen LogP contribution in [-0.4, -0.2) is 4.98 Å². The smallest absolute Gasteiger partial charge is 0.0713 e. The SMILES string of the molecule is c1ccc(C2(c3ccccc3)c3ccccc3-c3cc4c5ccccc5c5cc(-c6cnc7ccccc7c6)ccc5c4cc32)cc1. The van der Waals surface area contributed by atoms with Gasteiger partial charge in [-0.2, -0.15) is 0 Å². The van der Waals surface area contributed by atoms with Crippen molar-refractivity contribution in [3.63, 3.8) is 0 Å². The van der Waals surface area contributed by atoms with E-state index >= 15 is 0 Å². The lowest BCUT2D eigenvalue weighted by molar-refractivity contribution is 0.769. The van der Waals surface area contributed by atoms with E-state index in [1.165, 1.54) is 71.3 Å². The molecule has 1 aromatic heterocycles. The first kappa shape index (κ1) is 26.2. The molecule has 0 spiro atoms. The quantitative estimate of drug-likeness (QED) is 0.185. The van der Waals surface area contributed by atoms with Crippen molar-refractivity contribution in [2.45, 2.75) is 5.41 Å². The zero-order chi connectivity index (χ0) is 31.0. The molecule has 9 aromatic rings. The van der Waals surface area contributed by atoms with E-state index in [0.717, 1.165) is 16.5 Å². The molecule has 47 heavy (non-hydrogen) atoms. The highest BCUT2D eigenvalue weighted by Gasteiger charge is 2.46. The van der Waals surface area contributed by atoms with E-state index in [2.05, 4.69) is 164 Å². The van der Waals surface area contributed by atoms with Gasteiger partial charge in [0, 0.05) is 17.1 Å². The Morgan fingerprint density at radius 3 is 1.72 bits per heavy atom. The van der Waals surface area contributed by atoms with E-state index in [4.69, 9.17) is 4.98 Å². The van der Waals surface area contributed by atoms with Crippen LogP contribution in [0.25, 0.3) is 65.5 Å². The van der Waals surface area contributed by atoms with Gasteiger partial charge in [0.15, 0.2) is 0 Å². The number of hydrogen-bond acceptors (Lipinski definition) is 1. The highest BCUT2D eigenvalue weighted by atomic mass is 14.6. The molecule has 8 aromatic carbocycles. The van der Waals surface area contributed by atoms with Crippen LogP contribution in [0.5, 0.6) is 0 Å². The van der Waals surface area contributed by atoms with Crippen molar-refractivity contribution in [3.05, 3.63) is 198 Å². The Labute approximate surface area is 273 Å². The third-order valence-corrected chi connectivity index (χ3v) is 10.3. The first-order valence-corrected chi connectivity index (χ1v) is 16.3. The number of nitrogens with zero attached hydrogens (tertiary/aromatic N) is 1. The van der Waals surface area contributed by atoms with Gasteiger partial charge in [0.2, 0.25) is 0 Å². The van der Waals surface area contributed by atoms with Crippen molar-refractivity contribution in [1.82, 2.24) is 4.98 Å². The Balaban J connectivity index is 1.32. The third kappa shape index (κ3) is 3.69. The summed E-state index contributed by atoms with van der Waals surface area (Å²) < 4.78 is 0. The molecular weight excluding hydrogens is 567 g/mol. The minimum Gasteiger partial charge on any atom is -0.256 e. The maximum Gasteiger partial charge on any atom is 0.0713 e. The molecule has 0 amide bonds. The van der Waals surface area contributed by atoms with Crippen LogP contribution in [0.1, 0.15) is 22.3 Å². The Hall–Kier alpha value is -6.05. The highest BCUT2D eigenvalue weighted by molar-refractivity contribution is 6.26. The Morgan fingerprint density at radius 2 is 0.957 bits per heavy atom. The Kier molecular flexibility index (Phi) is 5.56. The van der Waals surface area contributed by atoms with E-state index in [1.807, 2.05) is 12.3 Å². The first-order valence-electron chi connectivity index (χ1n) is 16.3. The number of para-hydroxylation sites is 1. The van der Waals surface area contributed by atoms with Crippen LogP contribution in [0.4, 0.5) is 0 Å². The van der Waals surface area contributed by atoms with Gasteiger partial charge in [-0.05, 0) is 102 Å². The lowest BCUT2D eigenvalue weighted by Gasteiger charge is -2.34. The summed E-state index contributed by atoms with van der Waals surface area (Å²) in [7, 11) is 0. The fourth-order valence-corrected chi connectivity index (χ4v) is 8.30. The molecule has 0 saturated carbocycles. The molecule has 0 unspecified atom stereocenters. The van der Waals surface area contributed by atoms with Crippen molar-refractivity contribution in [3.8, 4) is 22.3 Å². The van der Waals surface area contributed by atoms with Crippen LogP contribution < -0.4 is 0 Å². The third-order valence-electron chi connectivity index (χ3n) is 10.3. The second-order valence-corrected chi connectivity index (χ2v) is 12.7. The number of rotatable bonds is 3. The van der Waals surface area contributed by atoms with E-state index in [-0.39, 0.29) is 0 Å². The molecular formula is C46H29N. The zero-order valence-electron chi connectivity index (χ0n) is 25.7. The van der Waals surface area contributed by atoms with Crippen LogP contribution in [0.2, 0.25) is 0 Å². The maximum absolute atomic E-state index is 4.78. The highest BCUT2D eigenvalue weighted by Crippen LogP contribution is 2.57. The lowest BCUT2D eigenvalue weighted by atomic mass is 9.67. The number of pyridine rings is 1. The fraction of sp³-hybridized carbons (Fsp3) is 0.0217. The summed E-state index contributed by atoms with van der Waals surface area (Å²) in [6.45, 7) is 0. The number of aromatic nitrogens is 1. The zero-order valence-corrected chi connectivity index (χ0v) is 25.7. The molecule has 10 rings (SSSR count). The predicted octanol–water partition coefficient (Wildman–Crippen LogP) is 11.7. The van der Waals surface area contributed by atoms with E-state index in [1.54, 1.807) is 0 Å². The average Bonchev–Trinajstić information content (AvgIpc) is 3.44. The van der Waals surface area contributed by atoms with Gasteiger partial charge < -0.3 is 0 Å². The van der Waals surface area contributed by atoms with Crippen LogP contribution in [0, 0.1) is 0 Å². The number of benzene rings is 8. The normalized spacial score (nSPS) is 13.3. The van der Waals surface area contributed by atoms with Crippen molar-refractivity contribution in [2.24, 2.45) is 0 Å². The van der Waals surface area contributed by atoms with Crippen molar-refractivity contribution in [2.75, 3.05) is 0 Å². The number of fused-ring (bicyclic) bond motifs is 10. The van der Waals surface area contributed by atoms with Gasteiger partial charge in [-0.15, -0.1) is 0 Å². The predicted molar refractivity (Wildman–Crippen MR) is 197 cm³/mol.